The minimum Gasteiger partial charge on any atom is -0.0591 e. The minimum absolute atomic E-state index is 0. The number of hydrogen-bond acceptors (Lipinski definition) is 0. The topological polar surface area (TPSA) is 0 Å². The van der Waals surface area contributed by atoms with E-state index in [4.69, 9.17) is 0 Å². The van der Waals surface area contributed by atoms with Gasteiger partial charge in [0.25, 0.3) is 0 Å². The highest BCUT2D eigenvalue weighted by Crippen LogP contribution is 2.24. The molecule has 2 heteroatoms. The van der Waals surface area contributed by atoms with E-state index in [1.54, 1.807) is 0 Å². The molecule has 0 bridgehead atoms. The Hall–Kier alpha value is -1.07. The highest BCUT2D eigenvalue weighted by Gasteiger charge is 2.14. The van der Waals surface area contributed by atoms with Crippen LogP contribution in [-0.4, -0.2) is 8.41 Å². The third-order valence-corrected chi connectivity index (χ3v) is 5.03. The largest absolute Gasteiger partial charge is 0.0814 e. The summed E-state index contributed by atoms with van der Waals surface area (Å²) in [5, 5.41) is 2.82. The van der Waals surface area contributed by atoms with Gasteiger partial charge >= 0.3 is 0 Å². The van der Waals surface area contributed by atoms with Crippen molar-refractivity contribution >= 4 is 27.6 Å². The molecule has 0 radical (unpaired) electrons. The molecule has 0 aliphatic carbocycles. The first kappa shape index (κ1) is 19.0. The molecule has 0 saturated carbocycles. The Balaban J connectivity index is 0.00000242. The first-order valence-electron chi connectivity index (χ1n) is 7.64. The number of benzene rings is 2. The van der Waals surface area contributed by atoms with Gasteiger partial charge in [0.15, 0.2) is 0 Å². The third-order valence-electron chi connectivity index (χ3n) is 3.79. The molecule has 0 fully saturated rings. The predicted octanol–water partition coefficient (Wildman–Crippen LogP) is 3.73. The highest BCUT2D eigenvalue weighted by molar-refractivity contribution is 7.55. The SMILES string of the molecule is B.CC(C)(C)c1ccc(Pc2ccc(C(C)(C)C)cc2)cc1. The van der Waals surface area contributed by atoms with Crippen LogP contribution < -0.4 is 10.6 Å². The Morgan fingerprint density at radius 3 is 1.05 bits per heavy atom. The number of rotatable bonds is 2. The molecular formula is C20H30BP. The average Bonchev–Trinajstić information content (AvgIpc) is 2.38. The van der Waals surface area contributed by atoms with Gasteiger partial charge in [0.1, 0.15) is 0 Å². The average molecular weight is 312 g/mol. The number of hydrogen-bond donors (Lipinski definition) is 0. The Morgan fingerprint density at radius 1 is 0.545 bits per heavy atom. The lowest BCUT2D eigenvalue weighted by molar-refractivity contribution is 0.590. The van der Waals surface area contributed by atoms with Crippen LogP contribution in [0, 0.1) is 0 Å². The molecule has 118 valence electrons. The lowest BCUT2D eigenvalue weighted by atomic mass is 9.87. The molecule has 0 aliphatic rings. The second-order valence-electron chi connectivity index (χ2n) is 7.78. The summed E-state index contributed by atoms with van der Waals surface area (Å²) in [4.78, 5) is 0. The van der Waals surface area contributed by atoms with Crippen molar-refractivity contribution in [1.82, 2.24) is 0 Å². The minimum atomic E-state index is 0. The summed E-state index contributed by atoms with van der Waals surface area (Å²) >= 11 is 0. The molecule has 2 rings (SSSR count). The van der Waals surface area contributed by atoms with Gasteiger partial charge in [-0.1, -0.05) is 98.7 Å². The Bertz CT molecular complexity index is 528. The second-order valence-corrected chi connectivity index (χ2v) is 9.18. The molecule has 0 saturated heterocycles. The molecule has 0 unspecified atom stereocenters. The molecule has 0 spiro atoms. The van der Waals surface area contributed by atoms with E-state index in [1.165, 1.54) is 21.7 Å². The molecule has 0 nitrogen and oxygen atoms in total. The first-order valence-corrected chi connectivity index (χ1v) is 8.64. The van der Waals surface area contributed by atoms with Crippen molar-refractivity contribution < 1.29 is 0 Å². The molecule has 22 heavy (non-hydrogen) atoms. The van der Waals surface area contributed by atoms with E-state index in [0.717, 1.165) is 8.58 Å². The van der Waals surface area contributed by atoms with Crippen molar-refractivity contribution in [2.75, 3.05) is 0 Å². The standard InChI is InChI=1S/C20H27P.BH3/c1-19(2,3)15-7-11-17(12-8-15)21-18-13-9-16(10-14-18)20(4,5)6;/h7-14,21H,1-6H3;1H3. The van der Waals surface area contributed by atoms with Crippen molar-refractivity contribution in [3.63, 3.8) is 0 Å². The van der Waals surface area contributed by atoms with Gasteiger partial charge < -0.3 is 0 Å². The molecule has 0 aromatic heterocycles. The van der Waals surface area contributed by atoms with E-state index in [1.807, 2.05) is 0 Å². The van der Waals surface area contributed by atoms with Crippen LogP contribution in [0.1, 0.15) is 52.7 Å². The fourth-order valence-corrected chi connectivity index (χ4v) is 3.27. The maximum Gasteiger partial charge on any atom is 0.0814 e. The normalized spacial score (nSPS) is 11.9. The quantitative estimate of drug-likeness (QED) is 0.585. The zero-order valence-electron chi connectivity index (χ0n) is 14.1. The Labute approximate surface area is 140 Å². The van der Waals surface area contributed by atoms with E-state index >= 15 is 0 Å². The van der Waals surface area contributed by atoms with E-state index in [9.17, 15) is 0 Å². The van der Waals surface area contributed by atoms with Crippen molar-refractivity contribution in [2.45, 2.75) is 52.4 Å². The van der Waals surface area contributed by atoms with Crippen LogP contribution in [-0.2, 0) is 10.8 Å². The van der Waals surface area contributed by atoms with Crippen molar-refractivity contribution in [2.24, 2.45) is 0 Å². The van der Waals surface area contributed by atoms with Gasteiger partial charge in [0, 0.05) is 0 Å². The van der Waals surface area contributed by atoms with Gasteiger partial charge in [-0.3, -0.25) is 0 Å². The molecule has 0 N–H and O–H groups in total. The molecule has 0 atom stereocenters. The summed E-state index contributed by atoms with van der Waals surface area (Å²) in [6.07, 6.45) is 0. The summed E-state index contributed by atoms with van der Waals surface area (Å²) in [6, 6.07) is 18.2. The fourth-order valence-electron chi connectivity index (χ4n) is 2.27. The van der Waals surface area contributed by atoms with Gasteiger partial charge in [-0.15, -0.1) is 0 Å². The molecule has 2 aromatic rings. The first-order chi connectivity index (χ1) is 9.66. The highest BCUT2D eigenvalue weighted by atomic mass is 31.1. The lowest BCUT2D eigenvalue weighted by Crippen LogP contribution is -2.13. The summed E-state index contributed by atoms with van der Waals surface area (Å²) in [5.41, 5.74) is 3.27. The summed E-state index contributed by atoms with van der Waals surface area (Å²) in [5.74, 6) is 0. The van der Waals surface area contributed by atoms with Crippen LogP contribution in [0.4, 0.5) is 0 Å². The zero-order chi connectivity index (χ0) is 15.7. The monoisotopic (exact) mass is 312 g/mol. The summed E-state index contributed by atoms with van der Waals surface area (Å²) < 4.78 is 0. The molecular weight excluding hydrogens is 282 g/mol. The molecule has 0 heterocycles. The molecule has 0 amide bonds. The van der Waals surface area contributed by atoms with Crippen molar-refractivity contribution in [1.29, 1.82) is 0 Å². The smallest absolute Gasteiger partial charge is 0.0591 e. The van der Waals surface area contributed by atoms with Crippen LogP contribution in [0.15, 0.2) is 48.5 Å². The van der Waals surface area contributed by atoms with Gasteiger partial charge in [-0.25, -0.2) is 0 Å². The molecule has 0 aliphatic heterocycles. The van der Waals surface area contributed by atoms with Crippen molar-refractivity contribution in [3.05, 3.63) is 59.7 Å². The fraction of sp³-hybridized carbons (Fsp3) is 0.400. The third kappa shape index (κ3) is 4.99. The van der Waals surface area contributed by atoms with Crippen molar-refractivity contribution in [3.8, 4) is 0 Å². The van der Waals surface area contributed by atoms with E-state index in [-0.39, 0.29) is 19.2 Å². The van der Waals surface area contributed by atoms with Crippen LogP contribution in [0.3, 0.4) is 0 Å². The van der Waals surface area contributed by atoms with E-state index in [0.29, 0.717) is 0 Å². The van der Waals surface area contributed by atoms with E-state index in [2.05, 4.69) is 90.1 Å². The Kier molecular flexibility index (Phi) is 6.05. The maximum absolute atomic E-state index is 2.27. The van der Waals surface area contributed by atoms with E-state index < -0.39 is 0 Å². The van der Waals surface area contributed by atoms with Crippen LogP contribution in [0.5, 0.6) is 0 Å². The molecule has 2 aromatic carbocycles. The summed E-state index contributed by atoms with van der Waals surface area (Å²) in [7, 11) is 0.736. The van der Waals surface area contributed by atoms with Gasteiger partial charge in [-0.2, -0.15) is 0 Å². The van der Waals surface area contributed by atoms with Crippen LogP contribution in [0.2, 0.25) is 0 Å². The Morgan fingerprint density at radius 2 is 0.818 bits per heavy atom. The second kappa shape index (κ2) is 7.01. The van der Waals surface area contributed by atoms with Crippen LogP contribution in [0.25, 0.3) is 0 Å². The van der Waals surface area contributed by atoms with Gasteiger partial charge in [0.2, 0.25) is 0 Å². The predicted molar refractivity (Wildman–Crippen MR) is 108 cm³/mol. The maximum atomic E-state index is 2.27. The summed E-state index contributed by atoms with van der Waals surface area (Å²) in [6.45, 7) is 13.6. The zero-order valence-corrected chi connectivity index (χ0v) is 15.1. The lowest BCUT2D eigenvalue weighted by Gasteiger charge is -2.20. The van der Waals surface area contributed by atoms with Gasteiger partial charge in [0.05, 0.1) is 8.41 Å². The van der Waals surface area contributed by atoms with Crippen LogP contribution >= 0.6 is 8.58 Å². The van der Waals surface area contributed by atoms with Gasteiger partial charge in [-0.05, 0) is 32.6 Å².